The van der Waals surface area contributed by atoms with Crippen molar-refractivity contribution >= 4 is 23.3 Å². The molecule has 20 heavy (non-hydrogen) atoms. The van der Waals surface area contributed by atoms with Crippen molar-refractivity contribution in [2.75, 3.05) is 20.3 Å². The fourth-order valence-corrected chi connectivity index (χ4v) is 2.44. The lowest BCUT2D eigenvalue weighted by Crippen LogP contribution is -2.46. The van der Waals surface area contributed by atoms with Crippen LogP contribution >= 0.6 is 11.3 Å². The largest absolute Gasteiger partial charge is 0.476 e. The quantitative estimate of drug-likeness (QED) is 0.794. The number of hydrogen-bond acceptors (Lipinski definition) is 5. The maximum absolute atomic E-state index is 12.0. The Hall–Kier alpha value is -1.67. The van der Waals surface area contributed by atoms with Crippen molar-refractivity contribution < 1.29 is 19.4 Å². The van der Waals surface area contributed by atoms with Crippen LogP contribution in [0, 0.1) is 0 Å². The normalized spacial score (nSPS) is 11.9. The van der Waals surface area contributed by atoms with E-state index in [2.05, 4.69) is 10.3 Å². The minimum absolute atomic E-state index is 0.000604. The molecule has 0 saturated carbocycles. The van der Waals surface area contributed by atoms with E-state index in [1.54, 1.807) is 12.0 Å². The topological polar surface area (TPSA) is 91.8 Å². The number of nitrogens with one attached hydrogen (secondary N) is 1. The van der Waals surface area contributed by atoms with Crippen LogP contribution in [0.4, 0.5) is 4.79 Å². The number of likely N-dealkylation sites (N-methyl/N-ethyl adjacent to an activating group) is 1. The first-order valence-corrected chi connectivity index (χ1v) is 7.08. The van der Waals surface area contributed by atoms with Crippen LogP contribution < -0.4 is 5.32 Å². The maximum Gasteiger partial charge on any atom is 0.355 e. The average molecular weight is 301 g/mol. The lowest BCUT2D eigenvalue weighted by atomic mass is 10.3. The molecule has 1 rings (SSSR count). The molecule has 1 aromatic heterocycles. The van der Waals surface area contributed by atoms with Crippen molar-refractivity contribution in [3.05, 3.63) is 16.1 Å². The van der Waals surface area contributed by atoms with E-state index in [1.807, 2.05) is 13.8 Å². The second kappa shape index (κ2) is 7.81. The Balaban J connectivity index is 2.54. The van der Waals surface area contributed by atoms with Crippen LogP contribution in [0.1, 0.15) is 29.3 Å². The van der Waals surface area contributed by atoms with Gasteiger partial charge in [0.25, 0.3) is 0 Å². The van der Waals surface area contributed by atoms with Gasteiger partial charge in [0.2, 0.25) is 0 Å². The lowest BCUT2D eigenvalue weighted by Gasteiger charge is -2.27. The zero-order valence-electron chi connectivity index (χ0n) is 11.8. The number of nitrogens with zero attached hydrogens (tertiary/aromatic N) is 2. The second-order valence-electron chi connectivity index (χ2n) is 4.18. The smallest absolute Gasteiger partial charge is 0.355 e. The third-order valence-electron chi connectivity index (χ3n) is 2.70. The van der Waals surface area contributed by atoms with Crippen molar-refractivity contribution in [3.8, 4) is 0 Å². The van der Waals surface area contributed by atoms with Gasteiger partial charge in [-0.15, -0.1) is 11.3 Å². The number of carboxylic acid groups (broad SMARTS) is 1. The molecule has 0 aliphatic carbocycles. The number of aromatic nitrogens is 1. The molecule has 0 bridgehead atoms. The maximum atomic E-state index is 12.0. The number of carboxylic acids is 1. The van der Waals surface area contributed by atoms with Gasteiger partial charge < -0.3 is 20.1 Å². The Morgan fingerprint density at radius 2 is 2.30 bits per heavy atom. The van der Waals surface area contributed by atoms with Gasteiger partial charge in [0.1, 0.15) is 5.01 Å². The monoisotopic (exact) mass is 301 g/mol. The summed E-state index contributed by atoms with van der Waals surface area (Å²) in [6.45, 7) is 5.03. The van der Waals surface area contributed by atoms with Crippen LogP contribution in [-0.4, -0.2) is 53.3 Å². The molecule has 0 saturated heterocycles. The van der Waals surface area contributed by atoms with Crippen molar-refractivity contribution in [3.63, 3.8) is 0 Å². The van der Waals surface area contributed by atoms with Gasteiger partial charge in [0, 0.05) is 19.0 Å². The molecule has 1 aromatic rings. The lowest BCUT2D eigenvalue weighted by molar-refractivity contribution is 0.0691. The fourth-order valence-electron chi connectivity index (χ4n) is 1.73. The molecule has 0 aliphatic heterocycles. The van der Waals surface area contributed by atoms with Crippen molar-refractivity contribution in [1.82, 2.24) is 15.2 Å². The Morgan fingerprint density at radius 3 is 2.80 bits per heavy atom. The number of carbonyl (C=O) groups is 2. The van der Waals surface area contributed by atoms with Crippen LogP contribution in [0.3, 0.4) is 0 Å². The Labute approximate surface area is 121 Å². The molecule has 0 spiro atoms. The first-order chi connectivity index (χ1) is 9.49. The van der Waals surface area contributed by atoms with Gasteiger partial charge in [-0.25, -0.2) is 14.6 Å². The van der Waals surface area contributed by atoms with Gasteiger partial charge in [0.05, 0.1) is 19.2 Å². The molecule has 0 fully saturated rings. The molecule has 0 aliphatic rings. The molecule has 0 radical (unpaired) electrons. The number of amides is 2. The number of methoxy groups -OCH3 is 1. The minimum atomic E-state index is -1.07. The van der Waals surface area contributed by atoms with E-state index in [-0.39, 0.29) is 24.3 Å². The van der Waals surface area contributed by atoms with Crippen LogP contribution in [0.15, 0.2) is 5.38 Å². The zero-order chi connectivity index (χ0) is 15.1. The van der Waals surface area contributed by atoms with Crippen molar-refractivity contribution in [1.29, 1.82) is 0 Å². The van der Waals surface area contributed by atoms with E-state index >= 15 is 0 Å². The fraction of sp³-hybridized carbons (Fsp3) is 0.583. The summed E-state index contributed by atoms with van der Waals surface area (Å²) in [5.41, 5.74) is -0.000604. The number of thiazole rings is 1. The summed E-state index contributed by atoms with van der Waals surface area (Å²) < 4.78 is 5.03. The molecule has 1 atom stereocenters. The van der Waals surface area contributed by atoms with Crippen LogP contribution in [0.5, 0.6) is 0 Å². The van der Waals surface area contributed by atoms with E-state index in [1.165, 1.54) is 16.7 Å². The average Bonchev–Trinajstić information content (AvgIpc) is 2.86. The molecule has 2 amide bonds. The summed E-state index contributed by atoms with van der Waals surface area (Å²) in [4.78, 5) is 28.3. The first kappa shape index (κ1) is 16.4. The van der Waals surface area contributed by atoms with Gasteiger partial charge in [-0.3, -0.25) is 0 Å². The number of ether oxygens (including phenoxy) is 1. The number of urea groups is 1. The standard InChI is InChI=1S/C12H19N3O4S/c1-4-15(8(2)6-19-3)12(18)13-5-10-14-9(7-20-10)11(16)17/h7-8H,4-6H2,1-3H3,(H,13,18)(H,16,17). The van der Waals surface area contributed by atoms with Crippen LogP contribution in [0.25, 0.3) is 0 Å². The summed E-state index contributed by atoms with van der Waals surface area (Å²) >= 11 is 1.21. The van der Waals surface area contributed by atoms with Gasteiger partial charge in [-0.1, -0.05) is 0 Å². The summed E-state index contributed by atoms with van der Waals surface area (Å²) in [6, 6.07) is -0.250. The Bertz CT molecular complexity index is 463. The molecular weight excluding hydrogens is 282 g/mol. The number of carbonyl (C=O) groups excluding carboxylic acids is 1. The van der Waals surface area contributed by atoms with E-state index in [0.29, 0.717) is 18.2 Å². The summed E-state index contributed by atoms with van der Waals surface area (Å²) in [5, 5.41) is 13.5. The summed E-state index contributed by atoms with van der Waals surface area (Å²) in [7, 11) is 1.59. The van der Waals surface area contributed by atoms with Gasteiger partial charge in [-0.05, 0) is 13.8 Å². The Kier molecular flexibility index (Phi) is 6.40. The minimum Gasteiger partial charge on any atom is -0.476 e. The highest BCUT2D eigenvalue weighted by Crippen LogP contribution is 2.09. The van der Waals surface area contributed by atoms with Gasteiger partial charge >= 0.3 is 12.0 Å². The molecule has 7 nitrogen and oxygen atoms in total. The highest BCUT2D eigenvalue weighted by molar-refractivity contribution is 7.09. The molecule has 2 N–H and O–H groups in total. The Morgan fingerprint density at radius 1 is 1.60 bits per heavy atom. The summed E-state index contributed by atoms with van der Waals surface area (Å²) in [5.74, 6) is -1.07. The SMILES string of the molecule is CCN(C(=O)NCc1nc(C(=O)O)cs1)C(C)COC. The number of aromatic carboxylic acids is 1. The van der Waals surface area contributed by atoms with Crippen molar-refractivity contribution in [2.24, 2.45) is 0 Å². The first-order valence-electron chi connectivity index (χ1n) is 6.20. The molecule has 1 heterocycles. The third kappa shape index (κ3) is 4.46. The highest BCUT2D eigenvalue weighted by Gasteiger charge is 2.18. The van der Waals surface area contributed by atoms with E-state index < -0.39 is 5.97 Å². The van der Waals surface area contributed by atoms with Crippen molar-refractivity contribution in [2.45, 2.75) is 26.4 Å². The van der Waals surface area contributed by atoms with E-state index in [9.17, 15) is 9.59 Å². The number of rotatable bonds is 7. The van der Waals surface area contributed by atoms with Gasteiger partial charge in [0.15, 0.2) is 5.69 Å². The van der Waals surface area contributed by atoms with E-state index in [0.717, 1.165) is 0 Å². The van der Waals surface area contributed by atoms with Crippen LogP contribution in [-0.2, 0) is 11.3 Å². The highest BCUT2D eigenvalue weighted by atomic mass is 32.1. The van der Waals surface area contributed by atoms with Gasteiger partial charge in [-0.2, -0.15) is 0 Å². The van der Waals surface area contributed by atoms with Crippen LogP contribution in [0.2, 0.25) is 0 Å². The molecule has 0 aromatic carbocycles. The summed E-state index contributed by atoms with van der Waals surface area (Å²) in [6.07, 6.45) is 0. The molecule has 1 unspecified atom stereocenters. The molecule has 112 valence electrons. The molecule has 8 heteroatoms. The number of hydrogen-bond donors (Lipinski definition) is 2. The second-order valence-corrected chi connectivity index (χ2v) is 5.12. The predicted octanol–water partition coefficient (Wildman–Crippen LogP) is 1.41. The van der Waals surface area contributed by atoms with E-state index in [4.69, 9.17) is 9.84 Å². The third-order valence-corrected chi connectivity index (χ3v) is 3.55. The predicted molar refractivity (Wildman–Crippen MR) is 75.0 cm³/mol. The molecular formula is C12H19N3O4S. The zero-order valence-corrected chi connectivity index (χ0v) is 12.6.